The number of carbonyl (C=O) groups excluding carboxylic acids is 1. The second kappa shape index (κ2) is 16.3. The zero-order chi connectivity index (χ0) is 41.5. The molecule has 0 radical (unpaired) electrons. The number of hydrogen-bond donors (Lipinski definition) is 6. The van der Waals surface area contributed by atoms with Gasteiger partial charge in [-0.15, -0.1) is 0 Å². The van der Waals surface area contributed by atoms with E-state index in [-0.39, 0.29) is 61.1 Å². The summed E-state index contributed by atoms with van der Waals surface area (Å²) in [4.78, 5) is 21.9. The SMILES string of the molecule is C[C@H]1O[C@@H](O[C@H]2[C@@H](O)C[C@H](O[C@H]3[C@@H](O[Si](=O)O)C[C@H](O[C@H]4CC[C@@]5(C)[C@H](CC[C@@H]6[C@@H]5C[C@@H](O)[C@]5(C)[C@@H](C7=CC(=O)OC7)CC[C@]65O)C4)O[C@@H]3C)O[C@@H]2C)C[C@H](O)[C@@H]1O. The molecule has 328 valence electrons. The molecule has 0 bridgehead atoms. The zero-order valence-corrected chi connectivity index (χ0v) is 35.2. The number of rotatable bonds is 9. The summed E-state index contributed by atoms with van der Waals surface area (Å²) in [6, 6.07) is 0. The largest absolute Gasteiger partial charge is 0.764 e. The number of fused-ring (bicyclic) bond motifs is 5. The van der Waals surface area contributed by atoms with Gasteiger partial charge in [-0.05, 0) is 107 Å². The van der Waals surface area contributed by atoms with Crippen LogP contribution in [0.5, 0.6) is 0 Å². The Morgan fingerprint density at radius 3 is 2.07 bits per heavy atom. The van der Waals surface area contributed by atoms with Gasteiger partial charge >= 0.3 is 15.1 Å². The first kappa shape index (κ1) is 43.1. The summed E-state index contributed by atoms with van der Waals surface area (Å²) in [6.07, 6.45) is -2.94. The summed E-state index contributed by atoms with van der Waals surface area (Å²) >= 11 is 0. The number of ether oxygens (including phenoxy) is 7. The van der Waals surface area contributed by atoms with Crippen molar-refractivity contribution in [2.24, 2.45) is 34.5 Å². The summed E-state index contributed by atoms with van der Waals surface area (Å²) in [6.45, 7) is 9.72. The predicted molar refractivity (Wildman–Crippen MR) is 200 cm³/mol. The average Bonchev–Trinajstić information content (AvgIpc) is 3.70. The summed E-state index contributed by atoms with van der Waals surface area (Å²) in [7, 11) is -3.38. The minimum atomic E-state index is -3.38. The molecule has 4 saturated carbocycles. The van der Waals surface area contributed by atoms with Crippen molar-refractivity contribution in [2.45, 2.75) is 197 Å². The van der Waals surface area contributed by atoms with Crippen LogP contribution in [0.15, 0.2) is 11.6 Å². The van der Waals surface area contributed by atoms with Crippen LogP contribution < -0.4 is 0 Å². The van der Waals surface area contributed by atoms with Crippen LogP contribution in [0, 0.1) is 34.5 Å². The van der Waals surface area contributed by atoms with Crippen LogP contribution in [0.2, 0.25) is 0 Å². The Kier molecular flexibility index (Phi) is 12.1. The molecule has 7 fully saturated rings. The lowest BCUT2D eigenvalue weighted by molar-refractivity contribution is -0.335. The van der Waals surface area contributed by atoms with Crippen molar-refractivity contribution in [2.75, 3.05) is 6.61 Å². The van der Waals surface area contributed by atoms with Crippen molar-refractivity contribution in [1.82, 2.24) is 0 Å². The highest BCUT2D eigenvalue weighted by Gasteiger charge is 2.71. The first-order valence-electron chi connectivity index (χ1n) is 21.6. The lowest BCUT2D eigenvalue weighted by Gasteiger charge is -2.65. The molecule has 17 heteroatoms. The van der Waals surface area contributed by atoms with Crippen molar-refractivity contribution in [3.8, 4) is 0 Å². The van der Waals surface area contributed by atoms with Gasteiger partial charge in [-0.3, -0.25) is 4.46 Å². The van der Waals surface area contributed by atoms with Crippen LogP contribution in [0.4, 0.5) is 0 Å². The topological polar surface area (TPSA) is 229 Å². The van der Waals surface area contributed by atoms with E-state index in [9.17, 15) is 39.6 Å². The minimum absolute atomic E-state index is 0.0268. The molecule has 8 aliphatic rings. The number of aliphatic hydroxyl groups excluding tert-OH is 4. The molecular formula is C41H64O16Si. The lowest BCUT2D eigenvalue weighted by atomic mass is 9.42. The van der Waals surface area contributed by atoms with Gasteiger partial charge in [-0.2, -0.15) is 0 Å². The van der Waals surface area contributed by atoms with E-state index < -0.39 is 100 Å². The standard InChI is InChI=1S/C41H64O16Si/c1-19-36(46)28(42)15-33(51-19)55-37-20(2)52-34(16-29(37)43)56-38-21(3)53-35(17-30(38)57-58(48)49)54-24-8-10-39(4)23(13-24)6-7-26-27(39)14-31(44)40(5)25(9-11-41(26,40)47)22-12-32(45)50-18-22/h12,19-21,23-31,33-38,42-44,46-48H,6-11,13-18H2,1-5H3/t19-,20-,21-,23-,24+,25-,26-,27+,28+,29+,30+,31-,33+,34+,35+,36-,37-,38-,39+,40+,41+/m1/s1. The highest BCUT2D eigenvalue weighted by atomic mass is 28.3. The fourth-order valence-corrected chi connectivity index (χ4v) is 13.5. The molecule has 58 heavy (non-hydrogen) atoms. The van der Waals surface area contributed by atoms with Crippen LogP contribution in [-0.2, 0) is 46.8 Å². The second-order valence-corrected chi connectivity index (χ2v) is 19.9. The van der Waals surface area contributed by atoms with E-state index >= 15 is 0 Å². The molecule has 0 unspecified atom stereocenters. The van der Waals surface area contributed by atoms with Crippen LogP contribution in [0.25, 0.3) is 0 Å². The Hall–Kier alpha value is -1.61. The number of cyclic esters (lactones) is 1. The Labute approximate surface area is 341 Å². The molecule has 0 aromatic rings. The molecule has 16 nitrogen and oxygen atoms in total. The summed E-state index contributed by atoms with van der Waals surface area (Å²) in [5, 5.41) is 55.8. The Morgan fingerprint density at radius 1 is 0.759 bits per heavy atom. The third-order valence-corrected chi connectivity index (χ3v) is 16.7. The van der Waals surface area contributed by atoms with Crippen molar-refractivity contribution in [3.63, 3.8) is 0 Å². The molecule has 4 heterocycles. The van der Waals surface area contributed by atoms with Crippen LogP contribution in [0.1, 0.15) is 105 Å². The molecule has 6 N–H and O–H groups in total. The highest BCUT2D eigenvalue weighted by Crippen LogP contribution is 2.70. The third kappa shape index (κ3) is 7.54. The summed E-state index contributed by atoms with van der Waals surface area (Å²) in [5.41, 5.74) is -1.03. The summed E-state index contributed by atoms with van der Waals surface area (Å²) in [5.74, 6) is 0.0223. The molecule has 0 amide bonds. The zero-order valence-electron chi connectivity index (χ0n) is 34.2. The number of aliphatic hydroxyl groups is 5. The van der Waals surface area contributed by atoms with Gasteiger partial charge in [-0.1, -0.05) is 13.8 Å². The number of esters is 1. The van der Waals surface area contributed by atoms with E-state index in [2.05, 4.69) is 6.92 Å². The lowest BCUT2D eigenvalue weighted by Crippen LogP contribution is -2.67. The van der Waals surface area contributed by atoms with Gasteiger partial charge in [0.25, 0.3) is 0 Å². The van der Waals surface area contributed by atoms with E-state index in [4.69, 9.17) is 37.6 Å². The first-order valence-corrected chi connectivity index (χ1v) is 22.8. The molecule has 0 aromatic heterocycles. The molecule has 0 spiro atoms. The highest BCUT2D eigenvalue weighted by molar-refractivity contribution is 6.24. The van der Waals surface area contributed by atoms with Crippen LogP contribution in [-0.4, -0.2) is 144 Å². The van der Waals surface area contributed by atoms with Crippen molar-refractivity contribution in [1.29, 1.82) is 0 Å². The first-order chi connectivity index (χ1) is 27.4. The Morgan fingerprint density at radius 2 is 1.41 bits per heavy atom. The molecule has 8 rings (SSSR count). The van der Waals surface area contributed by atoms with E-state index in [0.717, 1.165) is 37.7 Å². The van der Waals surface area contributed by atoms with Crippen molar-refractivity contribution < 1.29 is 77.2 Å². The van der Waals surface area contributed by atoms with Gasteiger partial charge in [0.05, 0.1) is 48.3 Å². The molecule has 21 atom stereocenters. The maximum absolute atomic E-state index is 12.6. The van der Waals surface area contributed by atoms with Crippen molar-refractivity contribution >= 4 is 15.1 Å². The van der Waals surface area contributed by atoms with E-state index in [1.807, 2.05) is 6.92 Å². The predicted octanol–water partition coefficient (Wildman–Crippen LogP) is 1.65. The number of carbonyl (C=O) groups is 1. The van der Waals surface area contributed by atoms with Gasteiger partial charge in [0.1, 0.15) is 31.0 Å². The van der Waals surface area contributed by atoms with Crippen molar-refractivity contribution in [3.05, 3.63) is 11.6 Å². The van der Waals surface area contributed by atoms with Crippen LogP contribution >= 0.6 is 0 Å². The Balaban J connectivity index is 0.873. The molecule has 0 aromatic carbocycles. The average molecular weight is 841 g/mol. The van der Waals surface area contributed by atoms with Gasteiger partial charge in [0, 0.05) is 30.8 Å². The smallest absolute Gasteiger partial charge is 0.511 e. The second-order valence-electron chi connectivity index (χ2n) is 19.2. The summed E-state index contributed by atoms with van der Waals surface area (Å²) < 4.78 is 59.9. The van der Waals surface area contributed by atoms with Gasteiger partial charge in [-0.25, -0.2) is 4.79 Å². The van der Waals surface area contributed by atoms with Gasteiger partial charge < -0.3 is 67.9 Å². The fraction of sp³-hybridized carbons (Fsp3) is 0.927. The maximum atomic E-state index is 12.6. The molecular weight excluding hydrogens is 777 g/mol. The monoisotopic (exact) mass is 840 g/mol. The maximum Gasteiger partial charge on any atom is 0.764 e. The van der Waals surface area contributed by atoms with Gasteiger partial charge in [0.2, 0.25) is 0 Å². The number of hydrogen-bond acceptors (Lipinski definition) is 15. The van der Waals surface area contributed by atoms with Gasteiger partial charge in [0.15, 0.2) is 18.9 Å². The minimum Gasteiger partial charge on any atom is -0.511 e. The normalized spacial score (nSPS) is 53.1. The quantitative estimate of drug-likeness (QED) is 0.110. The van der Waals surface area contributed by atoms with E-state index in [0.29, 0.717) is 25.2 Å². The molecule has 4 aliphatic heterocycles. The Bertz CT molecular complexity index is 1540. The van der Waals surface area contributed by atoms with E-state index in [1.54, 1.807) is 26.8 Å². The third-order valence-electron chi connectivity index (χ3n) is 16.2. The fourth-order valence-electron chi connectivity index (χ4n) is 13.0. The van der Waals surface area contributed by atoms with E-state index in [1.165, 1.54) is 0 Å². The van der Waals surface area contributed by atoms with Crippen LogP contribution in [0.3, 0.4) is 0 Å². The molecule has 4 aliphatic carbocycles. The molecule has 3 saturated heterocycles.